The molecule has 0 aliphatic rings. The Balaban J connectivity index is 1.99. The van der Waals surface area contributed by atoms with Crippen molar-refractivity contribution in [3.8, 4) is 0 Å². The van der Waals surface area contributed by atoms with E-state index in [1.807, 2.05) is 15.7 Å². The van der Waals surface area contributed by atoms with E-state index < -0.39 is 22.8 Å². The average Bonchev–Trinajstić information content (AvgIpc) is 2.89. The molecule has 0 saturated heterocycles. The highest BCUT2D eigenvalue weighted by Gasteiger charge is 2.11. The molecule has 0 radical (unpaired) electrons. The van der Waals surface area contributed by atoms with E-state index in [1.54, 1.807) is 12.5 Å². The Morgan fingerprint density at radius 3 is 2.70 bits per heavy atom. The number of aromatic amines is 1. The number of aromatic nitrogens is 4. The van der Waals surface area contributed by atoms with Gasteiger partial charge in [0.2, 0.25) is 0 Å². The largest absolute Gasteiger partial charge is 0.477 e. The standard InChI is InChI=1S/C12H14N4O4/c17-10-9(11(18)19)7-16(12(20)14-10)5-2-1-4-15-6-3-13-8-15/h3,6-8H,1-2,4-5H2,(H,18,19)(H,14,17,20). The summed E-state index contributed by atoms with van der Waals surface area (Å²) in [5.74, 6) is -1.35. The Morgan fingerprint density at radius 2 is 2.05 bits per heavy atom. The van der Waals surface area contributed by atoms with E-state index in [4.69, 9.17) is 5.11 Å². The number of hydrogen-bond donors (Lipinski definition) is 2. The summed E-state index contributed by atoms with van der Waals surface area (Å²) in [6.45, 7) is 1.12. The molecule has 2 aromatic rings. The first kappa shape index (κ1) is 13.8. The number of rotatable bonds is 6. The number of carboxylic acid groups (broad SMARTS) is 1. The molecule has 2 rings (SSSR count). The Morgan fingerprint density at radius 1 is 1.30 bits per heavy atom. The minimum atomic E-state index is -1.35. The Bertz CT molecular complexity index is 699. The maximum absolute atomic E-state index is 11.5. The summed E-state index contributed by atoms with van der Waals surface area (Å²) in [7, 11) is 0. The number of aromatic carboxylic acids is 1. The van der Waals surface area contributed by atoms with E-state index in [1.165, 1.54) is 4.57 Å². The molecular weight excluding hydrogens is 264 g/mol. The highest BCUT2D eigenvalue weighted by Crippen LogP contribution is 1.98. The van der Waals surface area contributed by atoms with Gasteiger partial charge in [-0.2, -0.15) is 0 Å². The highest BCUT2D eigenvalue weighted by molar-refractivity contribution is 5.86. The van der Waals surface area contributed by atoms with Gasteiger partial charge in [-0.3, -0.25) is 14.3 Å². The van der Waals surface area contributed by atoms with Crippen LogP contribution in [0.15, 0.2) is 34.5 Å². The monoisotopic (exact) mass is 278 g/mol. The molecule has 8 nitrogen and oxygen atoms in total. The fourth-order valence-electron chi connectivity index (χ4n) is 1.82. The number of nitrogens with zero attached hydrogens (tertiary/aromatic N) is 3. The number of H-pyrrole nitrogens is 1. The second kappa shape index (κ2) is 6.00. The molecule has 0 aromatic carbocycles. The molecule has 0 spiro atoms. The smallest absolute Gasteiger partial charge is 0.342 e. The Labute approximate surface area is 113 Å². The van der Waals surface area contributed by atoms with Crippen molar-refractivity contribution in [3.05, 3.63) is 51.3 Å². The van der Waals surface area contributed by atoms with Crippen molar-refractivity contribution in [1.82, 2.24) is 19.1 Å². The van der Waals surface area contributed by atoms with E-state index in [9.17, 15) is 14.4 Å². The van der Waals surface area contributed by atoms with Crippen LogP contribution in [0.5, 0.6) is 0 Å². The average molecular weight is 278 g/mol. The molecule has 106 valence electrons. The predicted octanol–water partition coefficient (Wildman–Crippen LogP) is -0.0883. The zero-order valence-corrected chi connectivity index (χ0v) is 10.7. The summed E-state index contributed by atoms with van der Waals surface area (Å²) in [4.78, 5) is 39.5. The van der Waals surface area contributed by atoms with Gasteiger partial charge in [-0.05, 0) is 12.8 Å². The van der Waals surface area contributed by atoms with Crippen molar-refractivity contribution in [1.29, 1.82) is 0 Å². The number of carbonyl (C=O) groups is 1. The summed E-state index contributed by atoms with van der Waals surface area (Å²) in [6.07, 6.45) is 7.81. The van der Waals surface area contributed by atoms with Crippen molar-refractivity contribution in [3.63, 3.8) is 0 Å². The first-order valence-electron chi connectivity index (χ1n) is 6.11. The molecular formula is C12H14N4O4. The number of carboxylic acids is 1. The van der Waals surface area contributed by atoms with Crippen LogP contribution in [0, 0.1) is 0 Å². The van der Waals surface area contributed by atoms with Gasteiger partial charge in [-0.15, -0.1) is 0 Å². The first-order chi connectivity index (χ1) is 9.58. The lowest BCUT2D eigenvalue weighted by Gasteiger charge is -2.06. The lowest BCUT2D eigenvalue weighted by Crippen LogP contribution is -2.33. The van der Waals surface area contributed by atoms with Gasteiger partial charge < -0.3 is 9.67 Å². The fraction of sp³-hybridized carbons (Fsp3) is 0.333. The van der Waals surface area contributed by atoms with Crippen molar-refractivity contribution >= 4 is 5.97 Å². The summed E-state index contributed by atoms with van der Waals surface area (Å²) in [6, 6.07) is 0. The minimum absolute atomic E-state index is 0.352. The zero-order valence-electron chi connectivity index (χ0n) is 10.7. The third-order valence-corrected chi connectivity index (χ3v) is 2.87. The number of unbranched alkanes of at least 4 members (excludes halogenated alkanes) is 1. The maximum atomic E-state index is 11.5. The van der Waals surface area contributed by atoms with E-state index in [-0.39, 0.29) is 0 Å². The highest BCUT2D eigenvalue weighted by atomic mass is 16.4. The lowest BCUT2D eigenvalue weighted by molar-refractivity contribution is 0.0693. The summed E-state index contributed by atoms with van der Waals surface area (Å²) >= 11 is 0. The SMILES string of the molecule is O=C(O)c1cn(CCCCn2ccnc2)c(=O)[nH]c1=O. The molecule has 0 bridgehead atoms. The second-order valence-electron chi connectivity index (χ2n) is 4.31. The van der Waals surface area contributed by atoms with Crippen molar-refractivity contribution in [2.75, 3.05) is 0 Å². The summed E-state index contributed by atoms with van der Waals surface area (Å²) < 4.78 is 3.12. The number of aryl methyl sites for hydroxylation is 2. The van der Waals surface area contributed by atoms with Gasteiger partial charge in [-0.1, -0.05) is 0 Å². The fourth-order valence-corrected chi connectivity index (χ4v) is 1.82. The van der Waals surface area contributed by atoms with Gasteiger partial charge in [0.15, 0.2) is 0 Å². The molecule has 8 heteroatoms. The molecule has 0 aliphatic carbocycles. The van der Waals surface area contributed by atoms with Crippen LogP contribution in [0.2, 0.25) is 0 Å². The summed E-state index contributed by atoms with van der Waals surface area (Å²) in [5, 5.41) is 8.83. The molecule has 0 amide bonds. The Kier molecular flexibility index (Phi) is 4.14. The van der Waals surface area contributed by atoms with E-state index >= 15 is 0 Å². The zero-order chi connectivity index (χ0) is 14.5. The van der Waals surface area contributed by atoms with Gasteiger partial charge in [0.25, 0.3) is 5.56 Å². The third-order valence-electron chi connectivity index (χ3n) is 2.87. The van der Waals surface area contributed by atoms with Gasteiger partial charge in [0.1, 0.15) is 5.56 Å². The topological polar surface area (TPSA) is 110 Å². The number of hydrogen-bond acceptors (Lipinski definition) is 4. The van der Waals surface area contributed by atoms with Crippen LogP contribution in [0.25, 0.3) is 0 Å². The van der Waals surface area contributed by atoms with Crippen molar-refractivity contribution in [2.24, 2.45) is 0 Å². The van der Waals surface area contributed by atoms with Crippen LogP contribution in [0.3, 0.4) is 0 Å². The van der Waals surface area contributed by atoms with Crippen LogP contribution >= 0.6 is 0 Å². The third kappa shape index (κ3) is 3.22. The molecule has 0 aliphatic heterocycles. The lowest BCUT2D eigenvalue weighted by atomic mass is 10.3. The predicted molar refractivity (Wildman–Crippen MR) is 69.7 cm³/mol. The van der Waals surface area contributed by atoms with Crippen LogP contribution in [-0.4, -0.2) is 30.2 Å². The molecule has 0 unspecified atom stereocenters. The van der Waals surface area contributed by atoms with Crippen LogP contribution in [-0.2, 0) is 13.1 Å². The van der Waals surface area contributed by atoms with Crippen LogP contribution < -0.4 is 11.2 Å². The maximum Gasteiger partial charge on any atom is 0.342 e. The minimum Gasteiger partial charge on any atom is -0.477 e. The van der Waals surface area contributed by atoms with E-state index in [0.29, 0.717) is 13.0 Å². The van der Waals surface area contributed by atoms with Gasteiger partial charge >= 0.3 is 11.7 Å². The molecule has 20 heavy (non-hydrogen) atoms. The van der Waals surface area contributed by atoms with Gasteiger partial charge in [0, 0.05) is 31.7 Å². The molecule has 2 aromatic heterocycles. The Hall–Kier alpha value is -2.64. The molecule has 2 N–H and O–H groups in total. The normalized spacial score (nSPS) is 10.6. The first-order valence-corrected chi connectivity index (χ1v) is 6.11. The molecule has 2 heterocycles. The molecule has 0 atom stereocenters. The van der Waals surface area contributed by atoms with Gasteiger partial charge in [0.05, 0.1) is 6.33 Å². The van der Waals surface area contributed by atoms with Crippen LogP contribution in [0.1, 0.15) is 23.2 Å². The molecule has 0 fully saturated rings. The number of nitrogens with one attached hydrogen (secondary N) is 1. The van der Waals surface area contributed by atoms with E-state index in [0.717, 1.165) is 19.2 Å². The van der Waals surface area contributed by atoms with E-state index in [2.05, 4.69) is 4.98 Å². The molecule has 0 saturated carbocycles. The number of imidazole rings is 1. The summed E-state index contributed by atoms with van der Waals surface area (Å²) in [5.41, 5.74) is -1.90. The van der Waals surface area contributed by atoms with Crippen molar-refractivity contribution in [2.45, 2.75) is 25.9 Å². The quantitative estimate of drug-likeness (QED) is 0.718. The van der Waals surface area contributed by atoms with Crippen molar-refractivity contribution < 1.29 is 9.90 Å². The van der Waals surface area contributed by atoms with Gasteiger partial charge in [-0.25, -0.2) is 14.6 Å². The second-order valence-corrected chi connectivity index (χ2v) is 4.31. The van der Waals surface area contributed by atoms with Crippen LogP contribution in [0.4, 0.5) is 0 Å².